The largest absolute Gasteiger partial charge is 0.459 e. The number of rotatable bonds is 9. The number of hydrogen-bond donors (Lipinski definition) is 1. The third-order valence-electron chi connectivity index (χ3n) is 6.87. The number of nitrogens with zero attached hydrogens (tertiary/aromatic N) is 5. The van der Waals surface area contributed by atoms with Crippen molar-refractivity contribution in [3.8, 4) is 5.69 Å². The lowest BCUT2D eigenvalue weighted by atomic mass is 10.00. The number of nitrogens with one attached hydrogen (secondary N) is 1. The molecule has 0 aliphatic carbocycles. The highest BCUT2D eigenvalue weighted by atomic mass is 32.2. The summed E-state index contributed by atoms with van der Waals surface area (Å²) in [6, 6.07) is 23.3. The standard InChI is InChI=1S/C31H28N6O3S2/c1-20-10-12-22(13-11-20)25-17-24(27-9-5-15-41-27)35-37(25)29(38)19-42-31-34-33-28(18-32-30(39)26-8-4-14-40-26)36(31)23-7-3-6-21(2)16-23/h3-16,25H,17-19H2,1-2H3,(H,32,39)/t25-/m0/s1. The van der Waals surface area contributed by atoms with Gasteiger partial charge in [-0.1, -0.05) is 59.8 Å². The highest BCUT2D eigenvalue weighted by Gasteiger charge is 2.33. The van der Waals surface area contributed by atoms with Crippen LogP contribution in [-0.4, -0.2) is 43.1 Å². The van der Waals surface area contributed by atoms with Gasteiger partial charge in [0.2, 0.25) is 0 Å². The van der Waals surface area contributed by atoms with Gasteiger partial charge in [-0.3, -0.25) is 14.2 Å². The molecular formula is C31H28N6O3S2. The third kappa shape index (κ3) is 5.93. The second-order valence-electron chi connectivity index (χ2n) is 9.91. The maximum Gasteiger partial charge on any atom is 0.287 e. The van der Waals surface area contributed by atoms with Gasteiger partial charge >= 0.3 is 0 Å². The molecule has 3 aromatic heterocycles. The summed E-state index contributed by atoms with van der Waals surface area (Å²) in [6.07, 6.45) is 2.10. The molecule has 11 heteroatoms. The molecule has 1 N–H and O–H groups in total. The van der Waals surface area contributed by atoms with Crippen molar-refractivity contribution < 1.29 is 14.0 Å². The number of amides is 2. The fourth-order valence-electron chi connectivity index (χ4n) is 4.76. The summed E-state index contributed by atoms with van der Waals surface area (Å²) >= 11 is 2.92. The van der Waals surface area contributed by atoms with Crippen LogP contribution in [0.25, 0.3) is 5.69 Å². The van der Waals surface area contributed by atoms with E-state index >= 15 is 0 Å². The summed E-state index contributed by atoms with van der Waals surface area (Å²) in [4.78, 5) is 27.3. The number of thioether (sulfide) groups is 1. The topological polar surface area (TPSA) is 106 Å². The van der Waals surface area contributed by atoms with Crippen LogP contribution in [0.2, 0.25) is 0 Å². The number of hydrogen-bond acceptors (Lipinski definition) is 8. The smallest absolute Gasteiger partial charge is 0.287 e. The Hall–Kier alpha value is -4.48. The van der Waals surface area contributed by atoms with Crippen LogP contribution in [0.4, 0.5) is 0 Å². The summed E-state index contributed by atoms with van der Waals surface area (Å²) in [5.74, 6) is 0.397. The molecule has 0 fully saturated rings. The molecule has 1 aliphatic rings. The van der Waals surface area contributed by atoms with Crippen molar-refractivity contribution in [1.29, 1.82) is 0 Å². The zero-order chi connectivity index (χ0) is 29.1. The van der Waals surface area contributed by atoms with Crippen molar-refractivity contribution in [3.63, 3.8) is 0 Å². The van der Waals surface area contributed by atoms with Crippen LogP contribution in [-0.2, 0) is 11.3 Å². The minimum absolute atomic E-state index is 0.117. The van der Waals surface area contributed by atoms with Crippen molar-refractivity contribution in [2.45, 2.75) is 38.0 Å². The number of benzene rings is 2. The molecule has 212 valence electrons. The average Bonchev–Trinajstić information content (AvgIpc) is 3.81. The first kappa shape index (κ1) is 27.7. The minimum atomic E-state index is -0.348. The molecule has 0 saturated heterocycles. The second kappa shape index (κ2) is 12.2. The Labute approximate surface area is 251 Å². The van der Waals surface area contributed by atoms with Gasteiger partial charge in [-0.15, -0.1) is 21.5 Å². The lowest BCUT2D eigenvalue weighted by molar-refractivity contribution is -0.130. The second-order valence-corrected chi connectivity index (χ2v) is 11.8. The van der Waals surface area contributed by atoms with Crippen LogP contribution >= 0.6 is 23.1 Å². The number of furan rings is 1. The summed E-state index contributed by atoms with van der Waals surface area (Å²) in [5, 5.41) is 20.6. The molecule has 6 rings (SSSR count). The molecule has 0 radical (unpaired) electrons. The van der Waals surface area contributed by atoms with E-state index in [0.29, 0.717) is 17.4 Å². The number of aryl methyl sites for hydroxylation is 2. The zero-order valence-electron chi connectivity index (χ0n) is 23.1. The molecule has 2 aromatic carbocycles. The lowest BCUT2D eigenvalue weighted by Crippen LogP contribution is -2.28. The molecule has 0 saturated carbocycles. The summed E-state index contributed by atoms with van der Waals surface area (Å²) in [5.41, 5.74) is 5.02. The van der Waals surface area contributed by atoms with Gasteiger partial charge < -0.3 is 9.73 Å². The number of carbonyl (C=O) groups is 2. The van der Waals surface area contributed by atoms with Crippen LogP contribution in [0.1, 0.15) is 50.4 Å². The Balaban J connectivity index is 1.24. The summed E-state index contributed by atoms with van der Waals surface area (Å²) < 4.78 is 7.07. The van der Waals surface area contributed by atoms with Crippen molar-refractivity contribution in [3.05, 3.63) is 118 Å². The Kier molecular flexibility index (Phi) is 8.02. The van der Waals surface area contributed by atoms with E-state index in [1.54, 1.807) is 28.5 Å². The van der Waals surface area contributed by atoms with Gasteiger partial charge in [0.15, 0.2) is 16.7 Å². The molecule has 2 amide bonds. The van der Waals surface area contributed by atoms with Crippen molar-refractivity contribution in [2.24, 2.45) is 5.10 Å². The lowest BCUT2D eigenvalue weighted by Gasteiger charge is -2.22. The molecule has 1 aliphatic heterocycles. The first-order chi connectivity index (χ1) is 20.5. The third-order valence-corrected chi connectivity index (χ3v) is 8.70. The maximum absolute atomic E-state index is 13.7. The van der Waals surface area contributed by atoms with E-state index in [-0.39, 0.29) is 35.9 Å². The molecule has 5 aromatic rings. The van der Waals surface area contributed by atoms with Gasteiger partial charge in [0.1, 0.15) is 0 Å². The summed E-state index contributed by atoms with van der Waals surface area (Å²) in [7, 11) is 0. The fourth-order valence-corrected chi connectivity index (χ4v) is 6.31. The van der Waals surface area contributed by atoms with E-state index in [0.717, 1.165) is 33.0 Å². The molecule has 0 bridgehead atoms. The van der Waals surface area contributed by atoms with Gasteiger partial charge in [0.05, 0.1) is 35.2 Å². The van der Waals surface area contributed by atoms with E-state index < -0.39 is 0 Å². The van der Waals surface area contributed by atoms with Crippen LogP contribution < -0.4 is 5.32 Å². The predicted molar refractivity (Wildman–Crippen MR) is 163 cm³/mol. The van der Waals surface area contributed by atoms with Crippen LogP contribution in [0.3, 0.4) is 0 Å². The fraction of sp³-hybridized carbons (Fsp3) is 0.194. The number of thiophene rings is 1. The van der Waals surface area contributed by atoms with Crippen LogP contribution in [0, 0.1) is 13.8 Å². The van der Waals surface area contributed by atoms with E-state index in [2.05, 4.69) is 39.8 Å². The first-order valence-corrected chi connectivity index (χ1v) is 15.3. The Bertz CT molecular complexity index is 1730. The molecule has 4 heterocycles. The van der Waals surface area contributed by atoms with Crippen LogP contribution in [0.5, 0.6) is 0 Å². The highest BCUT2D eigenvalue weighted by molar-refractivity contribution is 7.99. The summed E-state index contributed by atoms with van der Waals surface area (Å²) in [6.45, 7) is 4.18. The molecule has 9 nitrogen and oxygen atoms in total. The maximum atomic E-state index is 13.7. The quantitative estimate of drug-likeness (QED) is 0.211. The molecule has 1 atom stereocenters. The van der Waals surface area contributed by atoms with E-state index in [9.17, 15) is 9.59 Å². The Morgan fingerprint density at radius 3 is 2.62 bits per heavy atom. The van der Waals surface area contributed by atoms with Gasteiger partial charge in [-0.2, -0.15) is 5.10 Å². The van der Waals surface area contributed by atoms with Gasteiger partial charge in [0.25, 0.3) is 11.8 Å². The number of hydrazone groups is 1. The minimum Gasteiger partial charge on any atom is -0.459 e. The Morgan fingerprint density at radius 1 is 1.02 bits per heavy atom. The van der Waals surface area contributed by atoms with Crippen molar-refractivity contribution in [1.82, 2.24) is 25.1 Å². The van der Waals surface area contributed by atoms with E-state index in [1.165, 1.54) is 18.0 Å². The SMILES string of the molecule is Cc1ccc([C@@H]2CC(c3cccs3)=NN2C(=O)CSc2nnc(CNC(=O)c3ccco3)n2-c2cccc(C)c2)cc1. The highest BCUT2D eigenvalue weighted by Crippen LogP contribution is 2.35. The monoisotopic (exact) mass is 596 g/mol. The van der Waals surface area contributed by atoms with Gasteiger partial charge in [0, 0.05) is 12.1 Å². The molecular weight excluding hydrogens is 569 g/mol. The van der Waals surface area contributed by atoms with Crippen LogP contribution in [0.15, 0.2) is 99.1 Å². The molecule has 42 heavy (non-hydrogen) atoms. The average molecular weight is 597 g/mol. The Morgan fingerprint density at radius 2 is 1.88 bits per heavy atom. The molecule has 0 unspecified atom stereocenters. The van der Waals surface area contributed by atoms with Gasteiger partial charge in [-0.05, 0) is 60.7 Å². The molecule has 0 spiro atoms. The van der Waals surface area contributed by atoms with Crippen molar-refractivity contribution in [2.75, 3.05) is 5.75 Å². The zero-order valence-corrected chi connectivity index (χ0v) is 24.7. The van der Waals surface area contributed by atoms with Gasteiger partial charge in [-0.25, -0.2) is 5.01 Å². The van der Waals surface area contributed by atoms with E-state index in [4.69, 9.17) is 9.52 Å². The van der Waals surface area contributed by atoms with E-state index in [1.807, 2.05) is 60.2 Å². The number of aromatic nitrogens is 3. The normalized spacial score (nSPS) is 14.7. The van der Waals surface area contributed by atoms with Crippen molar-refractivity contribution >= 4 is 40.6 Å². The number of carbonyl (C=O) groups excluding carboxylic acids is 2. The first-order valence-electron chi connectivity index (χ1n) is 13.4. The predicted octanol–water partition coefficient (Wildman–Crippen LogP) is 5.94.